The van der Waals surface area contributed by atoms with Gasteiger partial charge in [-0.1, -0.05) is 23.7 Å². The summed E-state index contributed by atoms with van der Waals surface area (Å²) in [7, 11) is 0. The molecule has 4 nitrogen and oxygen atoms in total. The van der Waals surface area contributed by atoms with Gasteiger partial charge in [-0.3, -0.25) is 14.4 Å². The fourth-order valence-corrected chi connectivity index (χ4v) is 4.17. The molecule has 3 rings (SSSR count). The van der Waals surface area contributed by atoms with Gasteiger partial charge in [0, 0.05) is 52.6 Å². The summed E-state index contributed by atoms with van der Waals surface area (Å²) in [6.45, 7) is 3.41. The Balaban J connectivity index is 1.67. The van der Waals surface area contributed by atoms with Crippen molar-refractivity contribution in [2.75, 3.05) is 6.54 Å². The van der Waals surface area contributed by atoms with Crippen molar-refractivity contribution in [3.05, 3.63) is 51.6 Å². The molecule has 0 saturated heterocycles. The van der Waals surface area contributed by atoms with E-state index in [1.54, 1.807) is 38.1 Å². The Morgan fingerprint density at radius 2 is 1.67 bits per heavy atom. The maximum atomic E-state index is 13.3. The first-order chi connectivity index (χ1) is 14.1. The average molecular weight is 436 g/mol. The van der Waals surface area contributed by atoms with Gasteiger partial charge in [-0.25, -0.2) is 8.78 Å². The van der Waals surface area contributed by atoms with E-state index in [4.69, 9.17) is 11.6 Å². The van der Waals surface area contributed by atoms with E-state index in [1.165, 1.54) is 0 Å². The van der Waals surface area contributed by atoms with E-state index in [0.29, 0.717) is 32.9 Å². The number of allylic oxidation sites excluding steroid dienone is 3. The molecule has 0 heterocycles. The summed E-state index contributed by atoms with van der Waals surface area (Å²) in [6.07, 6.45) is -0.0512. The van der Waals surface area contributed by atoms with Gasteiger partial charge in [0.2, 0.25) is 11.8 Å². The summed E-state index contributed by atoms with van der Waals surface area (Å²) in [4.78, 5) is 38.1. The summed E-state index contributed by atoms with van der Waals surface area (Å²) in [6, 6.07) is 6.72. The van der Waals surface area contributed by atoms with E-state index in [1.807, 2.05) is 0 Å². The van der Waals surface area contributed by atoms with Gasteiger partial charge in [0.15, 0.2) is 11.6 Å². The molecule has 1 saturated carbocycles. The van der Waals surface area contributed by atoms with Gasteiger partial charge in [0.25, 0.3) is 0 Å². The zero-order chi connectivity index (χ0) is 22.1. The van der Waals surface area contributed by atoms with Gasteiger partial charge in [0.1, 0.15) is 0 Å². The second-order valence-electron chi connectivity index (χ2n) is 7.94. The molecule has 1 fully saturated rings. The fraction of sp³-hybridized carbons (Fsp3) is 0.435. The van der Waals surface area contributed by atoms with Crippen LogP contribution in [0, 0.1) is 5.92 Å². The predicted molar refractivity (Wildman–Crippen MR) is 111 cm³/mol. The minimum atomic E-state index is -2.68. The van der Waals surface area contributed by atoms with E-state index < -0.39 is 11.8 Å². The second kappa shape index (κ2) is 8.80. The molecule has 2 aliphatic carbocycles. The largest absolute Gasteiger partial charge is 0.356 e. The third-order valence-electron chi connectivity index (χ3n) is 5.91. The Kier molecular flexibility index (Phi) is 6.56. The Bertz CT molecular complexity index is 938. The molecule has 0 aromatic heterocycles. The number of hydrogen-bond acceptors (Lipinski definition) is 3. The molecule has 0 unspecified atom stereocenters. The lowest BCUT2D eigenvalue weighted by molar-refractivity contribution is -0.129. The molecule has 7 heteroatoms. The lowest BCUT2D eigenvalue weighted by Crippen LogP contribution is -2.36. The number of ketones is 2. The Hall–Kier alpha value is -2.34. The van der Waals surface area contributed by atoms with Crippen molar-refractivity contribution in [1.29, 1.82) is 0 Å². The van der Waals surface area contributed by atoms with Gasteiger partial charge in [-0.15, -0.1) is 0 Å². The molecular weight excluding hydrogens is 412 g/mol. The first-order valence-corrected chi connectivity index (χ1v) is 10.4. The lowest BCUT2D eigenvalue weighted by atomic mass is 9.81. The normalized spacial score (nSPS) is 20.0. The number of rotatable bonds is 5. The van der Waals surface area contributed by atoms with Crippen molar-refractivity contribution in [3.8, 4) is 0 Å². The number of benzene rings is 1. The van der Waals surface area contributed by atoms with Crippen molar-refractivity contribution in [3.63, 3.8) is 0 Å². The number of hydrogen-bond donors (Lipinski definition) is 1. The highest BCUT2D eigenvalue weighted by molar-refractivity contribution is 6.39. The maximum Gasteiger partial charge on any atom is 0.248 e. The molecule has 30 heavy (non-hydrogen) atoms. The van der Waals surface area contributed by atoms with Crippen LogP contribution in [0.5, 0.6) is 0 Å². The monoisotopic (exact) mass is 435 g/mol. The van der Waals surface area contributed by atoms with Gasteiger partial charge in [-0.05, 0) is 50.8 Å². The van der Waals surface area contributed by atoms with E-state index >= 15 is 0 Å². The summed E-state index contributed by atoms with van der Waals surface area (Å²) in [5.74, 6) is -3.83. The summed E-state index contributed by atoms with van der Waals surface area (Å²) in [5.41, 5.74) is 2.09. The quantitative estimate of drug-likeness (QED) is 0.668. The van der Waals surface area contributed by atoms with Crippen LogP contribution in [0.2, 0.25) is 5.02 Å². The van der Waals surface area contributed by atoms with Gasteiger partial charge in [0.05, 0.1) is 0 Å². The van der Waals surface area contributed by atoms with E-state index in [0.717, 1.165) is 0 Å². The van der Waals surface area contributed by atoms with Crippen molar-refractivity contribution < 1.29 is 23.2 Å². The SMILES string of the molecule is CC1=C(CCNC(=O)C2CCC(F)(F)CC2)C(=O)C(c2ccc(Cl)cc2)=C(C)C1=O. The standard InChI is InChI=1S/C23H24ClF2NO3/c1-13-18(9-12-27-22(30)16-7-10-23(25,26)11-8-16)21(29)19(14(2)20(13)28)15-3-5-17(24)6-4-15/h3-6,16H,7-12H2,1-2H3,(H,27,30). The molecule has 1 aromatic rings. The number of alkyl halides is 2. The molecule has 0 aliphatic heterocycles. The smallest absolute Gasteiger partial charge is 0.248 e. The van der Waals surface area contributed by atoms with Crippen molar-refractivity contribution in [2.45, 2.75) is 51.9 Å². The summed E-state index contributed by atoms with van der Waals surface area (Å²) < 4.78 is 26.5. The lowest BCUT2D eigenvalue weighted by Gasteiger charge is -2.27. The van der Waals surface area contributed by atoms with Crippen molar-refractivity contribution >= 4 is 34.6 Å². The zero-order valence-corrected chi connectivity index (χ0v) is 17.7. The molecular formula is C23H24ClF2NO3. The predicted octanol–water partition coefficient (Wildman–Crippen LogP) is 4.91. The Labute approximate surface area is 179 Å². The molecule has 0 radical (unpaired) electrons. The number of Topliss-reactive ketones (excluding diaryl/α,β-unsaturated/α-hetero) is 2. The van der Waals surface area contributed by atoms with E-state index in [2.05, 4.69) is 5.32 Å². The van der Waals surface area contributed by atoms with Crippen LogP contribution in [0.1, 0.15) is 51.5 Å². The molecule has 2 aliphatic rings. The topological polar surface area (TPSA) is 63.2 Å². The molecule has 160 valence electrons. The maximum absolute atomic E-state index is 13.3. The first kappa shape index (κ1) is 22.3. The molecule has 1 amide bonds. The summed E-state index contributed by atoms with van der Waals surface area (Å²) in [5, 5.41) is 3.27. The highest BCUT2D eigenvalue weighted by atomic mass is 35.5. The molecule has 1 N–H and O–H groups in total. The van der Waals surface area contributed by atoms with Crippen LogP contribution in [0.3, 0.4) is 0 Å². The van der Waals surface area contributed by atoms with Gasteiger partial charge in [-0.2, -0.15) is 0 Å². The number of halogens is 3. The minimum absolute atomic E-state index is 0.153. The van der Waals surface area contributed by atoms with Crippen LogP contribution in [0.25, 0.3) is 5.57 Å². The van der Waals surface area contributed by atoms with Crippen LogP contribution < -0.4 is 5.32 Å². The zero-order valence-electron chi connectivity index (χ0n) is 17.0. The highest BCUT2D eigenvalue weighted by Gasteiger charge is 2.37. The third kappa shape index (κ3) is 4.69. The molecule has 0 atom stereocenters. The Morgan fingerprint density at radius 1 is 1.07 bits per heavy atom. The first-order valence-electron chi connectivity index (χ1n) is 10.0. The fourth-order valence-electron chi connectivity index (χ4n) is 4.05. The van der Waals surface area contributed by atoms with E-state index in [9.17, 15) is 23.2 Å². The number of nitrogens with one attached hydrogen (secondary N) is 1. The van der Waals surface area contributed by atoms with Crippen molar-refractivity contribution in [1.82, 2.24) is 5.32 Å². The number of carbonyl (C=O) groups is 3. The number of amides is 1. The van der Waals surface area contributed by atoms with Crippen LogP contribution in [0.15, 0.2) is 41.0 Å². The van der Waals surface area contributed by atoms with Gasteiger partial charge >= 0.3 is 0 Å². The molecule has 0 bridgehead atoms. The second-order valence-corrected chi connectivity index (χ2v) is 8.38. The Morgan fingerprint density at radius 3 is 2.27 bits per heavy atom. The van der Waals surface area contributed by atoms with Crippen LogP contribution in [-0.4, -0.2) is 29.9 Å². The minimum Gasteiger partial charge on any atom is -0.356 e. The van der Waals surface area contributed by atoms with Crippen LogP contribution >= 0.6 is 11.6 Å². The highest BCUT2D eigenvalue weighted by Crippen LogP contribution is 2.36. The van der Waals surface area contributed by atoms with Crippen LogP contribution in [-0.2, 0) is 14.4 Å². The number of carbonyl (C=O) groups excluding carboxylic acids is 3. The summed E-state index contributed by atoms with van der Waals surface area (Å²) >= 11 is 5.92. The third-order valence-corrected chi connectivity index (χ3v) is 6.16. The molecule has 1 aromatic carbocycles. The van der Waals surface area contributed by atoms with Gasteiger partial charge < -0.3 is 5.32 Å². The molecule has 0 spiro atoms. The average Bonchev–Trinajstić information content (AvgIpc) is 2.70. The van der Waals surface area contributed by atoms with Crippen LogP contribution in [0.4, 0.5) is 8.78 Å². The van der Waals surface area contributed by atoms with E-state index in [-0.39, 0.29) is 56.1 Å². The van der Waals surface area contributed by atoms with Crippen molar-refractivity contribution in [2.24, 2.45) is 5.92 Å².